The topological polar surface area (TPSA) is 47.6 Å². The first kappa shape index (κ1) is 20.0. The molecule has 1 saturated heterocycles. The van der Waals surface area contributed by atoms with E-state index >= 15 is 0 Å². The van der Waals surface area contributed by atoms with Crippen LogP contribution in [0, 0.1) is 17.8 Å². The first-order chi connectivity index (χ1) is 13.1. The SMILES string of the molecule is CC1(C)OB(C2=CC3CC(CC(=O)Nc4ccc(Cl)cc4)CC3C2)OC1(C)C. The minimum absolute atomic E-state index is 0.0856. The fourth-order valence-corrected chi connectivity index (χ4v) is 4.83. The van der Waals surface area contributed by atoms with Crippen LogP contribution in [0.25, 0.3) is 0 Å². The van der Waals surface area contributed by atoms with E-state index in [9.17, 15) is 4.79 Å². The predicted octanol–water partition coefficient (Wildman–Crippen LogP) is 5.27. The fraction of sp³-hybridized carbons (Fsp3) is 0.591. The predicted molar refractivity (Wildman–Crippen MR) is 113 cm³/mol. The zero-order valence-electron chi connectivity index (χ0n) is 17.1. The monoisotopic (exact) mass is 401 g/mol. The molecule has 1 amide bonds. The summed E-state index contributed by atoms with van der Waals surface area (Å²) < 4.78 is 12.4. The summed E-state index contributed by atoms with van der Waals surface area (Å²) in [7, 11) is -0.220. The Morgan fingerprint density at radius 2 is 1.79 bits per heavy atom. The number of carbonyl (C=O) groups excluding carboxylic acids is 1. The number of benzene rings is 1. The summed E-state index contributed by atoms with van der Waals surface area (Å²) in [4.78, 5) is 12.4. The van der Waals surface area contributed by atoms with Crippen molar-refractivity contribution in [3.05, 3.63) is 40.8 Å². The van der Waals surface area contributed by atoms with Crippen molar-refractivity contribution in [2.45, 2.75) is 64.6 Å². The molecule has 1 aromatic carbocycles. The molecule has 28 heavy (non-hydrogen) atoms. The molecule has 0 spiro atoms. The van der Waals surface area contributed by atoms with Gasteiger partial charge < -0.3 is 14.6 Å². The van der Waals surface area contributed by atoms with Gasteiger partial charge in [0, 0.05) is 17.1 Å². The molecule has 3 aliphatic rings. The van der Waals surface area contributed by atoms with E-state index in [1.807, 2.05) is 12.1 Å². The van der Waals surface area contributed by atoms with E-state index in [0.717, 1.165) is 24.9 Å². The molecule has 3 atom stereocenters. The van der Waals surface area contributed by atoms with E-state index in [4.69, 9.17) is 20.9 Å². The number of anilines is 1. The standard InChI is InChI=1S/C22H29BClNO3/c1-21(2)22(3,4)28-23(27-21)17-12-15-9-14(10-16(15)13-17)11-20(26)25-19-7-5-18(24)6-8-19/h5-8,12,14-16H,9-11,13H2,1-4H3,(H,25,26). The van der Waals surface area contributed by atoms with Crippen molar-refractivity contribution in [2.75, 3.05) is 5.32 Å². The van der Waals surface area contributed by atoms with E-state index in [-0.39, 0.29) is 24.2 Å². The van der Waals surface area contributed by atoms with Crippen molar-refractivity contribution in [2.24, 2.45) is 17.8 Å². The summed E-state index contributed by atoms with van der Waals surface area (Å²) in [5.74, 6) is 1.69. The van der Waals surface area contributed by atoms with Crippen molar-refractivity contribution in [3.8, 4) is 0 Å². The Bertz CT molecular complexity index is 773. The van der Waals surface area contributed by atoms with Crippen LogP contribution in [-0.2, 0) is 14.1 Å². The number of halogens is 1. The highest BCUT2D eigenvalue weighted by molar-refractivity contribution is 6.54. The van der Waals surface area contributed by atoms with Gasteiger partial charge in [0.2, 0.25) is 5.91 Å². The lowest BCUT2D eigenvalue weighted by Gasteiger charge is -2.32. The summed E-state index contributed by atoms with van der Waals surface area (Å²) in [6, 6.07) is 7.25. The number of rotatable bonds is 4. The van der Waals surface area contributed by atoms with Gasteiger partial charge in [0.15, 0.2) is 0 Å². The minimum atomic E-state index is -0.293. The van der Waals surface area contributed by atoms with Gasteiger partial charge in [-0.2, -0.15) is 0 Å². The van der Waals surface area contributed by atoms with E-state index in [1.54, 1.807) is 12.1 Å². The third-order valence-electron chi connectivity index (χ3n) is 6.93. The molecule has 150 valence electrons. The fourth-order valence-electron chi connectivity index (χ4n) is 4.70. The van der Waals surface area contributed by atoms with Gasteiger partial charge in [0.05, 0.1) is 11.2 Å². The maximum atomic E-state index is 12.4. The van der Waals surface area contributed by atoms with Crippen molar-refractivity contribution in [1.29, 1.82) is 0 Å². The van der Waals surface area contributed by atoms with Gasteiger partial charge in [-0.3, -0.25) is 4.79 Å². The van der Waals surface area contributed by atoms with Gasteiger partial charge in [-0.05, 0) is 94.4 Å². The molecule has 1 aliphatic heterocycles. The van der Waals surface area contributed by atoms with Crippen LogP contribution in [0.15, 0.2) is 35.8 Å². The second-order valence-electron chi connectivity index (χ2n) is 9.55. The number of nitrogens with one attached hydrogen (secondary N) is 1. The highest BCUT2D eigenvalue weighted by Crippen LogP contribution is 2.49. The molecule has 1 aromatic rings. The van der Waals surface area contributed by atoms with Crippen LogP contribution in [-0.4, -0.2) is 24.2 Å². The summed E-state index contributed by atoms with van der Waals surface area (Å²) in [5, 5.41) is 3.65. The molecule has 1 N–H and O–H groups in total. The lowest BCUT2D eigenvalue weighted by Crippen LogP contribution is -2.41. The second-order valence-corrected chi connectivity index (χ2v) is 9.99. The van der Waals surface area contributed by atoms with Gasteiger partial charge in [-0.25, -0.2) is 0 Å². The van der Waals surface area contributed by atoms with Gasteiger partial charge >= 0.3 is 7.12 Å². The largest absolute Gasteiger partial charge is 0.490 e. The van der Waals surface area contributed by atoms with Gasteiger partial charge in [-0.15, -0.1) is 0 Å². The summed E-state index contributed by atoms with van der Waals surface area (Å²) in [6.45, 7) is 8.38. The van der Waals surface area contributed by atoms with Gasteiger partial charge in [0.1, 0.15) is 0 Å². The van der Waals surface area contributed by atoms with Crippen LogP contribution < -0.4 is 5.32 Å². The molecule has 1 heterocycles. The number of amides is 1. The number of hydrogen-bond donors (Lipinski definition) is 1. The van der Waals surface area contributed by atoms with E-state index in [1.165, 1.54) is 5.47 Å². The zero-order valence-corrected chi connectivity index (χ0v) is 17.9. The van der Waals surface area contributed by atoms with Crippen molar-refractivity contribution < 1.29 is 14.1 Å². The number of carbonyl (C=O) groups is 1. The Hall–Kier alpha value is -1.30. The molecular formula is C22H29BClNO3. The molecule has 0 bridgehead atoms. The van der Waals surface area contributed by atoms with E-state index in [2.05, 4.69) is 39.1 Å². The summed E-state index contributed by atoms with van der Waals surface area (Å²) >= 11 is 5.89. The Labute approximate surface area is 173 Å². The average Bonchev–Trinajstić information content (AvgIpc) is 3.19. The summed E-state index contributed by atoms with van der Waals surface area (Å²) in [5.41, 5.74) is 1.50. The normalized spacial score (nSPS) is 30.2. The van der Waals surface area contributed by atoms with Crippen LogP contribution in [0.5, 0.6) is 0 Å². The zero-order chi connectivity index (χ0) is 20.1. The van der Waals surface area contributed by atoms with Crippen LogP contribution in [0.2, 0.25) is 5.02 Å². The van der Waals surface area contributed by atoms with Crippen LogP contribution in [0.4, 0.5) is 5.69 Å². The van der Waals surface area contributed by atoms with Crippen molar-refractivity contribution >= 4 is 30.3 Å². The van der Waals surface area contributed by atoms with Gasteiger partial charge in [0.25, 0.3) is 0 Å². The maximum absolute atomic E-state index is 12.4. The Kier molecular flexibility index (Phi) is 5.14. The van der Waals surface area contributed by atoms with Crippen molar-refractivity contribution in [1.82, 2.24) is 0 Å². The van der Waals surface area contributed by atoms with Crippen molar-refractivity contribution in [3.63, 3.8) is 0 Å². The Balaban J connectivity index is 1.31. The average molecular weight is 402 g/mol. The molecule has 3 unspecified atom stereocenters. The molecule has 4 rings (SSSR count). The molecule has 0 aromatic heterocycles. The maximum Gasteiger partial charge on any atom is 0.490 e. The van der Waals surface area contributed by atoms with Crippen LogP contribution in [0.1, 0.15) is 53.4 Å². The number of fused-ring (bicyclic) bond motifs is 1. The summed E-state index contributed by atoms with van der Waals surface area (Å²) in [6.07, 6.45) is 6.13. The van der Waals surface area contributed by atoms with E-state index < -0.39 is 0 Å². The molecule has 0 radical (unpaired) electrons. The highest BCUT2D eigenvalue weighted by atomic mass is 35.5. The third-order valence-corrected chi connectivity index (χ3v) is 7.18. The van der Waals surface area contributed by atoms with Crippen LogP contribution >= 0.6 is 11.6 Å². The Morgan fingerprint density at radius 3 is 2.39 bits per heavy atom. The smallest absolute Gasteiger partial charge is 0.400 e. The molecule has 2 aliphatic carbocycles. The number of hydrogen-bond acceptors (Lipinski definition) is 3. The molecule has 2 fully saturated rings. The van der Waals surface area contributed by atoms with E-state index in [0.29, 0.717) is 29.2 Å². The first-order valence-electron chi connectivity index (χ1n) is 10.2. The van der Waals surface area contributed by atoms with Crippen LogP contribution in [0.3, 0.4) is 0 Å². The minimum Gasteiger partial charge on any atom is -0.400 e. The first-order valence-corrected chi connectivity index (χ1v) is 10.6. The highest BCUT2D eigenvalue weighted by Gasteiger charge is 2.54. The molecular weight excluding hydrogens is 373 g/mol. The lowest BCUT2D eigenvalue weighted by molar-refractivity contribution is -0.117. The molecule has 6 heteroatoms. The lowest BCUT2D eigenvalue weighted by atomic mass is 9.76. The number of allylic oxidation sites excluding steroid dienone is 2. The second kappa shape index (κ2) is 7.19. The Morgan fingerprint density at radius 1 is 1.14 bits per heavy atom. The van der Waals surface area contributed by atoms with Gasteiger partial charge in [-0.1, -0.05) is 17.7 Å². The molecule has 1 saturated carbocycles. The third kappa shape index (κ3) is 3.89. The quantitative estimate of drug-likeness (QED) is 0.699. The molecule has 4 nitrogen and oxygen atoms in total.